The maximum Gasteiger partial charge on any atom is 0.119 e. The third-order valence-electron chi connectivity index (χ3n) is 5.90. The molecule has 3 rings (SSSR count). The fourth-order valence-electron chi connectivity index (χ4n) is 3.81. The van der Waals surface area contributed by atoms with E-state index < -0.39 is 0 Å². The molecular formula is C26H36N2O. The number of nitrogens with one attached hydrogen (secondary N) is 1. The molecule has 3 heteroatoms. The molecule has 0 radical (unpaired) electrons. The summed E-state index contributed by atoms with van der Waals surface area (Å²) in [5, 5.41) is 1.36. The molecule has 0 saturated carbocycles. The fraction of sp³-hybridized carbons (Fsp3) is 0.462. The predicted octanol–water partition coefficient (Wildman–Crippen LogP) is 6.81. The third-order valence-corrected chi connectivity index (χ3v) is 5.90. The van der Waals surface area contributed by atoms with Crippen molar-refractivity contribution in [2.24, 2.45) is 5.73 Å². The Morgan fingerprint density at radius 1 is 1.00 bits per heavy atom. The predicted molar refractivity (Wildman–Crippen MR) is 125 cm³/mol. The van der Waals surface area contributed by atoms with Gasteiger partial charge in [0.15, 0.2) is 0 Å². The van der Waals surface area contributed by atoms with E-state index in [1.165, 1.54) is 33.3 Å². The number of rotatable bonds is 11. The average Bonchev–Trinajstić information content (AvgIpc) is 3.12. The van der Waals surface area contributed by atoms with E-state index in [1.807, 2.05) is 0 Å². The second-order valence-corrected chi connectivity index (χ2v) is 8.07. The number of hydrogen-bond acceptors (Lipinski definition) is 2. The molecule has 0 aliphatic heterocycles. The van der Waals surface area contributed by atoms with Gasteiger partial charge in [-0.05, 0) is 97.7 Å². The van der Waals surface area contributed by atoms with E-state index in [4.69, 9.17) is 10.5 Å². The van der Waals surface area contributed by atoms with Gasteiger partial charge in [-0.1, -0.05) is 33.3 Å². The van der Waals surface area contributed by atoms with E-state index in [2.05, 4.69) is 68.2 Å². The zero-order valence-electron chi connectivity index (χ0n) is 18.3. The van der Waals surface area contributed by atoms with Gasteiger partial charge in [0.1, 0.15) is 5.75 Å². The molecule has 0 fully saturated rings. The fourth-order valence-corrected chi connectivity index (χ4v) is 3.81. The van der Waals surface area contributed by atoms with Crippen LogP contribution in [0.2, 0.25) is 0 Å². The zero-order valence-corrected chi connectivity index (χ0v) is 18.3. The number of benzene rings is 2. The normalized spacial score (nSPS) is 12.4. The number of aromatic amines is 1. The summed E-state index contributed by atoms with van der Waals surface area (Å²) in [7, 11) is 0. The standard InChI is InChI=1S/C26H36N2O/c1-4-6-17-29-22-13-10-20(11-14-22)26-23(9-7-8-16-27)24-18-21(19(3)5-2)12-15-25(24)28-26/h10-15,18-19,28H,4-9,16-17,27H2,1-3H3. The molecule has 3 N–H and O–H groups in total. The second-order valence-electron chi connectivity index (χ2n) is 8.07. The first kappa shape index (κ1) is 21.4. The number of hydrogen-bond donors (Lipinski definition) is 2. The van der Waals surface area contributed by atoms with E-state index in [-0.39, 0.29) is 0 Å². The van der Waals surface area contributed by atoms with Crippen LogP contribution in [0.25, 0.3) is 22.2 Å². The molecule has 156 valence electrons. The molecule has 1 unspecified atom stereocenters. The van der Waals surface area contributed by atoms with Crippen LogP contribution >= 0.6 is 0 Å². The van der Waals surface area contributed by atoms with Crippen molar-refractivity contribution in [2.75, 3.05) is 13.2 Å². The summed E-state index contributed by atoms with van der Waals surface area (Å²) in [6, 6.07) is 15.4. The van der Waals surface area contributed by atoms with Gasteiger partial charge in [-0.3, -0.25) is 0 Å². The Hall–Kier alpha value is -2.26. The number of aromatic nitrogens is 1. The molecule has 0 saturated heterocycles. The molecule has 1 atom stereocenters. The van der Waals surface area contributed by atoms with Gasteiger partial charge < -0.3 is 15.5 Å². The zero-order chi connectivity index (χ0) is 20.6. The lowest BCUT2D eigenvalue weighted by Crippen LogP contribution is -1.99. The minimum absolute atomic E-state index is 0.578. The van der Waals surface area contributed by atoms with Crippen molar-refractivity contribution in [3.05, 3.63) is 53.6 Å². The van der Waals surface area contributed by atoms with Gasteiger partial charge in [0.05, 0.1) is 6.61 Å². The van der Waals surface area contributed by atoms with Crippen molar-refractivity contribution < 1.29 is 4.74 Å². The monoisotopic (exact) mass is 392 g/mol. The molecule has 0 aliphatic rings. The van der Waals surface area contributed by atoms with Gasteiger partial charge in [0.25, 0.3) is 0 Å². The van der Waals surface area contributed by atoms with Crippen LogP contribution in [0.5, 0.6) is 5.75 Å². The molecular weight excluding hydrogens is 356 g/mol. The number of unbranched alkanes of at least 4 members (excludes halogenated alkanes) is 2. The summed E-state index contributed by atoms with van der Waals surface area (Å²) < 4.78 is 5.84. The van der Waals surface area contributed by atoms with Crippen molar-refractivity contribution in [3.63, 3.8) is 0 Å². The van der Waals surface area contributed by atoms with Gasteiger partial charge >= 0.3 is 0 Å². The molecule has 0 aliphatic carbocycles. The number of fused-ring (bicyclic) bond motifs is 1. The molecule has 3 aromatic rings. The highest BCUT2D eigenvalue weighted by molar-refractivity contribution is 5.91. The Labute approximate surface area is 175 Å². The minimum Gasteiger partial charge on any atom is -0.494 e. The van der Waals surface area contributed by atoms with Crippen LogP contribution < -0.4 is 10.5 Å². The molecule has 1 heterocycles. The molecule has 0 amide bonds. The van der Waals surface area contributed by atoms with Gasteiger partial charge in [-0.15, -0.1) is 0 Å². The Bertz CT molecular complexity index is 895. The summed E-state index contributed by atoms with van der Waals surface area (Å²) in [5.74, 6) is 1.52. The Kier molecular flexibility index (Phi) is 7.76. The van der Waals surface area contributed by atoms with Crippen LogP contribution in [-0.2, 0) is 6.42 Å². The summed E-state index contributed by atoms with van der Waals surface area (Å²) in [5.41, 5.74) is 12.3. The lowest BCUT2D eigenvalue weighted by molar-refractivity contribution is 0.309. The maximum atomic E-state index is 5.84. The van der Waals surface area contributed by atoms with Crippen molar-refractivity contribution in [1.29, 1.82) is 0 Å². The van der Waals surface area contributed by atoms with E-state index >= 15 is 0 Å². The average molecular weight is 393 g/mol. The lowest BCUT2D eigenvalue weighted by Gasteiger charge is -2.10. The van der Waals surface area contributed by atoms with Crippen molar-refractivity contribution in [1.82, 2.24) is 4.98 Å². The molecule has 3 nitrogen and oxygen atoms in total. The smallest absolute Gasteiger partial charge is 0.119 e. The highest BCUT2D eigenvalue weighted by Gasteiger charge is 2.15. The SMILES string of the molecule is CCCCOc1ccc(-c2[nH]c3ccc(C(C)CC)cc3c2CCCCN)cc1. The number of nitrogens with two attached hydrogens (primary N) is 1. The van der Waals surface area contributed by atoms with Crippen LogP contribution in [0.15, 0.2) is 42.5 Å². The van der Waals surface area contributed by atoms with Crippen LogP contribution in [0.3, 0.4) is 0 Å². The first-order valence-electron chi connectivity index (χ1n) is 11.3. The van der Waals surface area contributed by atoms with E-state index in [1.54, 1.807) is 0 Å². The summed E-state index contributed by atoms with van der Waals surface area (Å²) in [6.07, 6.45) is 6.62. The summed E-state index contributed by atoms with van der Waals surface area (Å²) >= 11 is 0. The summed E-state index contributed by atoms with van der Waals surface area (Å²) in [6.45, 7) is 8.27. The molecule has 29 heavy (non-hydrogen) atoms. The van der Waals surface area contributed by atoms with E-state index in [0.29, 0.717) is 5.92 Å². The Morgan fingerprint density at radius 3 is 2.48 bits per heavy atom. The van der Waals surface area contributed by atoms with Gasteiger partial charge in [0.2, 0.25) is 0 Å². The van der Waals surface area contributed by atoms with Gasteiger partial charge in [-0.25, -0.2) is 0 Å². The van der Waals surface area contributed by atoms with Crippen molar-refractivity contribution >= 4 is 10.9 Å². The minimum atomic E-state index is 0.578. The third kappa shape index (κ3) is 5.22. The number of ether oxygens (including phenoxy) is 1. The largest absolute Gasteiger partial charge is 0.494 e. The van der Waals surface area contributed by atoms with E-state index in [9.17, 15) is 0 Å². The molecule has 0 spiro atoms. The van der Waals surface area contributed by atoms with E-state index in [0.717, 1.165) is 57.4 Å². The summed E-state index contributed by atoms with van der Waals surface area (Å²) in [4.78, 5) is 3.69. The molecule has 2 aromatic carbocycles. The second kappa shape index (κ2) is 10.5. The Balaban J connectivity index is 1.95. The van der Waals surface area contributed by atoms with Crippen molar-refractivity contribution in [3.8, 4) is 17.0 Å². The highest BCUT2D eigenvalue weighted by Crippen LogP contribution is 2.34. The molecule has 0 bridgehead atoms. The van der Waals surface area contributed by atoms with Gasteiger partial charge in [0, 0.05) is 16.6 Å². The Morgan fingerprint density at radius 2 is 1.79 bits per heavy atom. The first-order valence-corrected chi connectivity index (χ1v) is 11.3. The topological polar surface area (TPSA) is 51.0 Å². The number of H-pyrrole nitrogens is 1. The van der Waals surface area contributed by atoms with Crippen molar-refractivity contribution in [2.45, 2.75) is 65.2 Å². The molecule has 1 aromatic heterocycles. The van der Waals surface area contributed by atoms with Crippen LogP contribution in [-0.4, -0.2) is 18.1 Å². The lowest BCUT2D eigenvalue weighted by atomic mass is 9.94. The number of aryl methyl sites for hydroxylation is 1. The van der Waals surface area contributed by atoms with Crippen LogP contribution in [0.1, 0.15) is 69.9 Å². The highest BCUT2D eigenvalue weighted by atomic mass is 16.5. The maximum absolute atomic E-state index is 5.84. The van der Waals surface area contributed by atoms with Crippen LogP contribution in [0, 0.1) is 0 Å². The van der Waals surface area contributed by atoms with Gasteiger partial charge in [-0.2, -0.15) is 0 Å². The van der Waals surface area contributed by atoms with Crippen LogP contribution in [0.4, 0.5) is 0 Å². The first-order chi connectivity index (χ1) is 14.2. The quantitative estimate of drug-likeness (QED) is 0.352.